The monoisotopic (exact) mass is 246 g/mol. The smallest absolute Gasteiger partial charge is 0.217 e. The van der Waals surface area contributed by atoms with Crippen molar-refractivity contribution in [3.8, 4) is 0 Å². The minimum absolute atomic E-state index is 0. The second kappa shape index (κ2) is 7.54. The first-order valence-electron chi connectivity index (χ1n) is 4.50. The molecule has 0 bridgehead atoms. The first kappa shape index (κ1) is 14.3. The summed E-state index contributed by atoms with van der Waals surface area (Å²) in [5.74, 6) is 0.0198. The Labute approximate surface area is 101 Å². The first-order valence-corrected chi connectivity index (χ1v) is 5.72. The van der Waals surface area contributed by atoms with Crippen molar-refractivity contribution in [3.63, 3.8) is 0 Å². The average molecular weight is 247 g/mol. The zero-order chi connectivity index (χ0) is 10.4. The minimum atomic E-state index is 0. The van der Waals surface area contributed by atoms with Gasteiger partial charge in [0, 0.05) is 24.0 Å². The van der Waals surface area contributed by atoms with Crippen LogP contribution in [0.15, 0.2) is 29.4 Å². The molecule has 1 rings (SSSR count). The SMILES string of the molecule is CSc1cc[n+](CCNC(C)=O)cc1.[Cl-]. The topological polar surface area (TPSA) is 33.0 Å². The van der Waals surface area contributed by atoms with Gasteiger partial charge in [0.1, 0.15) is 0 Å². The molecule has 1 aromatic heterocycles. The van der Waals surface area contributed by atoms with Crippen LogP contribution in [0.25, 0.3) is 0 Å². The molecule has 5 heteroatoms. The second-order valence-corrected chi connectivity index (χ2v) is 3.84. The van der Waals surface area contributed by atoms with Gasteiger partial charge < -0.3 is 17.7 Å². The fourth-order valence-electron chi connectivity index (χ4n) is 1.09. The van der Waals surface area contributed by atoms with Crippen LogP contribution in [0.2, 0.25) is 0 Å². The van der Waals surface area contributed by atoms with Crippen molar-refractivity contribution in [3.05, 3.63) is 24.5 Å². The number of aromatic nitrogens is 1. The molecule has 0 spiro atoms. The number of thioether (sulfide) groups is 1. The highest BCUT2D eigenvalue weighted by Crippen LogP contribution is 2.10. The summed E-state index contributed by atoms with van der Waals surface area (Å²) in [5.41, 5.74) is 0. The van der Waals surface area contributed by atoms with Crippen molar-refractivity contribution in [1.82, 2.24) is 5.32 Å². The Morgan fingerprint density at radius 1 is 1.47 bits per heavy atom. The van der Waals surface area contributed by atoms with Crippen LogP contribution in [0.1, 0.15) is 6.92 Å². The van der Waals surface area contributed by atoms with E-state index in [1.807, 2.05) is 12.4 Å². The minimum Gasteiger partial charge on any atom is -1.00 e. The van der Waals surface area contributed by atoms with E-state index in [1.54, 1.807) is 11.8 Å². The standard InChI is InChI=1S/C10H14N2OS.ClH/c1-9(13)11-5-8-12-6-3-10(14-2)4-7-12;/h3-4,6-7H,5,8H2,1-2H3;1H. The number of nitrogens with one attached hydrogen (secondary N) is 1. The van der Waals surface area contributed by atoms with Crippen molar-refractivity contribution >= 4 is 17.7 Å². The fraction of sp³-hybridized carbons (Fsp3) is 0.400. The van der Waals surface area contributed by atoms with Gasteiger partial charge in [0.05, 0.1) is 6.54 Å². The van der Waals surface area contributed by atoms with E-state index in [1.165, 1.54) is 11.8 Å². The summed E-state index contributed by atoms with van der Waals surface area (Å²) in [6, 6.07) is 4.14. The molecule has 1 N–H and O–H groups in total. The van der Waals surface area contributed by atoms with E-state index < -0.39 is 0 Å². The Bertz CT molecular complexity index is 303. The van der Waals surface area contributed by atoms with Gasteiger partial charge in [-0.25, -0.2) is 4.57 Å². The third kappa shape index (κ3) is 5.64. The van der Waals surface area contributed by atoms with Gasteiger partial charge in [-0.15, -0.1) is 11.8 Å². The molecule has 1 heterocycles. The maximum absolute atomic E-state index is 10.6. The van der Waals surface area contributed by atoms with Crippen LogP contribution < -0.4 is 22.3 Å². The van der Waals surface area contributed by atoms with Crippen molar-refractivity contribution in [2.24, 2.45) is 0 Å². The molecule has 3 nitrogen and oxygen atoms in total. The zero-order valence-electron chi connectivity index (χ0n) is 8.87. The van der Waals surface area contributed by atoms with Crippen LogP contribution in [0.4, 0.5) is 0 Å². The van der Waals surface area contributed by atoms with Crippen LogP contribution in [-0.2, 0) is 11.3 Å². The van der Waals surface area contributed by atoms with Gasteiger partial charge in [-0.2, -0.15) is 0 Å². The Kier molecular flexibility index (Phi) is 7.17. The molecule has 0 atom stereocenters. The maximum Gasteiger partial charge on any atom is 0.217 e. The van der Waals surface area contributed by atoms with Gasteiger partial charge in [-0.1, -0.05) is 0 Å². The van der Waals surface area contributed by atoms with Crippen LogP contribution in [-0.4, -0.2) is 18.7 Å². The molecule has 15 heavy (non-hydrogen) atoms. The van der Waals surface area contributed by atoms with Crippen molar-refractivity contribution in [1.29, 1.82) is 0 Å². The van der Waals surface area contributed by atoms with Gasteiger partial charge in [0.2, 0.25) is 5.91 Å². The summed E-state index contributed by atoms with van der Waals surface area (Å²) >= 11 is 1.72. The van der Waals surface area contributed by atoms with E-state index in [0.29, 0.717) is 6.54 Å². The molecule has 84 valence electrons. The zero-order valence-corrected chi connectivity index (χ0v) is 10.4. The van der Waals surface area contributed by atoms with Crippen LogP contribution in [0, 0.1) is 0 Å². The van der Waals surface area contributed by atoms with E-state index in [9.17, 15) is 4.79 Å². The largest absolute Gasteiger partial charge is 1.00 e. The van der Waals surface area contributed by atoms with Gasteiger partial charge in [-0.3, -0.25) is 4.79 Å². The average Bonchev–Trinajstić information content (AvgIpc) is 2.18. The molecule has 1 amide bonds. The Balaban J connectivity index is 0.00000196. The second-order valence-electron chi connectivity index (χ2n) is 2.96. The predicted molar refractivity (Wildman–Crippen MR) is 57.1 cm³/mol. The molecular weight excluding hydrogens is 232 g/mol. The number of hydrogen-bond acceptors (Lipinski definition) is 2. The van der Waals surface area contributed by atoms with Crippen LogP contribution >= 0.6 is 11.8 Å². The number of halogens is 1. The van der Waals surface area contributed by atoms with Gasteiger partial charge in [0.15, 0.2) is 18.9 Å². The molecule has 1 aromatic rings. The molecule has 0 saturated heterocycles. The summed E-state index contributed by atoms with van der Waals surface area (Å²) in [6.07, 6.45) is 6.10. The number of rotatable bonds is 4. The highest BCUT2D eigenvalue weighted by atomic mass is 35.5. The van der Waals surface area contributed by atoms with E-state index in [-0.39, 0.29) is 18.3 Å². The van der Waals surface area contributed by atoms with Crippen LogP contribution in [0.3, 0.4) is 0 Å². The molecule has 0 aliphatic carbocycles. The van der Waals surface area contributed by atoms with E-state index >= 15 is 0 Å². The predicted octanol–water partition coefficient (Wildman–Crippen LogP) is -2.16. The van der Waals surface area contributed by atoms with Gasteiger partial charge in [-0.05, 0) is 6.26 Å². The molecule has 0 aliphatic heterocycles. The Morgan fingerprint density at radius 3 is 2.53 bits per heavy atom. The number of nitrogens with zero attached hydrogens (tertiary/aromatic N) is 1. The summed E-state index contributed by atoms with van der Waals surface area (Å²) in [5, 5.41) is 2.76. The van der Waals surface area contributed by atoms with Crippen LogP contribution in [0.5, 0.6) is 0 Å². The number of carbonyl (C=O) groups excluding carboxylic acids is 1. The number of hydrogen-bond donors (Lipinski definition) is 1. The van der Waals surface area contributed by atoms with Gasteiger partial charge >= 0.3 is 0 Å². The van der Waals surface area contributed by atoms with Gasteiger partial charge in [0.25, 0.3) is 0 Å². The Morgan fingerprint density at radius 2 is 2.07 bits per heavy atom. The van der Waals surface area contributed by atoms with E-state index in [2.05, 4.69) is 28.3 Å². The third-order valence-corrected chi connectivity index (χ3v) is 2.58. The molecule has 0 saturated carbocycles. The molecule has 0 aromatic carbocycles. The lowest BCUT2D eigenvalue weighted by molar-refractivity contribution is -0.695. The maximum atomic E-state index is 10.6. The number of amides is 1. The lowest BCUT2D eigenvalue weighted by Crippen LogP contribution is -3.00. The molecule has 0 fully saturated rings. The lowest BCUT2D eigenvalue weighted by atomic mass is 10.4. The van der Waals surface area contributed by atoms with Crippen molar-refractivity contribution in [2.75, 3.05) is 12.8 Å². The highest BCUT2D eigenvalue weighted by molar-refractivity contribution is 7.98. The quantitative estimate of drug-likeness (QED) is 0.485. The summed E-state index contributed by atoms with van der Waals surface area (Å²) < 4.78 is 2.05. The lowest BCUT2D eigenvalue weighted by Gasteiger charge is -1.99. The van der Waals surface area contributed by atoms with Crippen molar-refractivity contribution in [2.45, 2.75) is 18.4 Å². The summed E-state index contributed by atoms with van der Waals surface area (Å²) in [4.78, 5) is 11.9. The summed E-state index contributed by atoms with van der Waals surface area (Å²) in [6.45, 7) is 3.02. The fourth-order valence-corrected chi connectivity index (χ4v) is 1.48. The third-order valence-electron chi connectivity index (χ3n) is 1.84. The first-order chi connectivity index (χ1) is 6.72. The van der Waals surface area contributed by atoms with E-state index in [4.69, 9.17) is 0 Å². The number of pyridine rings is 1. The molecular formula is C10H15ClN2OS. The number of carbonyl (C=O) groups is 1. The Hall–Kier alpha value is -0.740. The van der Waals surface area contributed by atoms with Crippen molar-refractivity contribution < 1.29 is 21.8 Å². The summed E-state index contributed by atoms with van der Waals surface area (Å²) in [7, 11) is 0. The van der Waals surface area contributed by atoms with E-state index in [0.717, 1.165) is 6.54 Å². The molecule has 0 unspecified atom stereocenters. The highest BCUT2D eigenvalue weighted by Gasteiger charge is 2.00. The molecule has 0 aliphatic rings. The molecule has 0 radical (unpaired) electrons. The normalized spacial score (nSPS) is 9.20.